The Morgan fingerprint density at radius 3 is 2.23 bits per heavy atom. The Hall–Kier alpha value is -3.09. The van der Waals surface area contributed by atoms with Crippen molar-refractivity contribution in [1.82, 2.24) is 0 Å². The molecule has 0 aliphatic carbocycles. The summed E-state index contributed by atoms with van der Waals surface area (Å²) in [5, 5.41) is 3.04. The Kier molecular flexibility index (Phi) is 5.61. The van der Waals surface area contributed by atoms with Gasteiger partial charge in [0.1, 0.15) is 0 Å². The molecule has 150 valence electrons. The van der Waals surface area contributed by atoms with Crippen LogP contribution < -0.4 is 10.2 Å². The summed E-state index contributed by atoms with van der Waals surface area (Å²) in [5.74, 6) is -0.956. The summed E-state index contributed by atoms with van der Waals surface area (Å²) < 4.78 is 0. The summed E-state index contributed by atoms with van der Waals surface area (Å²) in [6, 6.07) is 20.7. The number of imide groups is 1. The van der Waals surface area contributed by atoms with Crippen LogP contribution in [0.25, 0.3) is 0 Å². The lowest BCUT2D eigenvalue weighted by molar-refractivity contribution is -0.115. The molecule has 0 fully saturated rings. The van der Waals surface area contributed by atoms with E-state index in [4.69, 9.17) is 11.6 Å². The Labute approximate surface area is 183 Å². The molecule has 0 radical (unpaired) electrons. The minimum atomic E-state index is -0.395. The van der Waals surface area contributed by atoms with Crippen LogP contribution in [-0.4, -0.2) is 23.0 Å². The van der Waals surface area contributed by atoms with E-state index < -0.39 is 5.25 Å². The Morgan fingerprint density at radius 2 is 1.57 bits per heavy atom. The van der Waals surface area contributed by atoms with Gasteiger partial charge in [-0.05, 0) is 49.4 Å². The molecule has 1 N–H and O–H groups in total. The molecule has 3 aromatic carbocycles. The third kappa shape index (κ3) is 3.84. The molecule has 0 aromatic heterocycles. The fourth-order valence-corrected chi connectivity index (χ4v) is 4.33. The quantitative estimate of drug-likeness (QED) is 0.437. The van der Waals surface area contributed by atoms with Gasteiger partial charge >= 0.3 is 0 Å². The van der Waals surface area contributed by atoms with E-state index in [1.54, 1.807) is 61.5 Å². The predicted molar refractivity (Wildman–Crippen MR) is 119 cm³/mol. The Morgan fingerprint density at radius 1 is 0.933 bits per heavy atom. The molecule has 0 saturated carbocycles. The van der Waals surface area contributed by atoms with Crippen LogP contribution in [0.2, 0.25) is 5.02 Å². The number of rotatable bonds is 5. The highest BCUT2D eigenvalue weighted by Crippen LogP contribution is 2.32. The van der Waals surface area contributed by atoms with Crippen molar-refractivity contribution in [3.05, 3.63) is 88.9 Å². The van der Waals surface area contributed by atoms with Gasteiger partial charge in [-0.15, -0.1) is 11.8 Å². The first kappa shape index (κ1) is 20.2. The number of anilines is 2. The zero-order chi connectivity index (χ0) is 21.3. The average molecular weight is 437 g/mol. The van der Waals surface area contributed by atoms with Crippen LogP contribution in [0.4, 0.5) is 11.4 Å². The van der Waals surface area contributed by atoms with Gasteiger partial charge in [0.15, 0.2) is 0 Å². The van der Waals surface area contributed by atoms with E-state index in [0.717, 1.165) is 9.80 Å². The van der Waals surface area contributed by atoms with Gasteiger partial charge in [-0.25, -0.2) is 4.90 Å². The maximum atomic E-state index is 12.7. The number of nitrogens with one attached hydrogen (secondary N) is 1. The highest BCUT2D eigenvalue weighted by molar-refractivity contribution is 8.00. The summed E-state index contributed by atoms with van der Waals surface area (Å²) >= 11 is 7.53. The molecule has 0 spiro atoms. The Balaban J connectivity index is 1.50. The minimum absolute atomic E-state index is 0.209. The first-order valence-corrected chi connectivity index (χ1v) is 10.5. The molecular weight excluding hydrogens is 420 g/mol. The number of halogens is 1. The number of benzene rings is 3. The second-order valence-corrected chi connectivity index (χ2v) is 8.51. The molecule has 1 atom stereocenters. The topological polar surface area (TPSA) is 66.5 Å². The van der Waals surface area contributed by atoms with Crippen LogP contribution in [-0.2, 0) is 4.79 Å². The molecule has 1 aliphatic heterocycles. The molecule has 30 heavy (non-hydrogen) atoms. The van der Waals surface area contributed by atoms with E-state index in [1.165, 1.54) is 11.8 Å². The lowest BCUT2D eigenvalue weighted by Crippen LogP contribution is -2.29. The van der Waals surface area contributed by atoms with Crippen LogP contribution in [0, 0.1) is 0 Å². The fourth-order valence-electron chi connectivity index (χ4n) is 3.17. The summed E-state index contributed by atoms with van der Waals surface area (Å²) in [5.41, 5.74) is 1.66. The second-order valence-electron chi connectivity index (χ2n) is 6.72. The number of hydrogen-bond acceptors (Lipinski definition) is 4. The standard InChI is InChI=1S/C23H17ClN2O3S/c1-14(30-20-12-5-4-11-19(20)24)21(27)25-15-7-6-8-16(13-15)26-22(28)17-9-2-3-10-18(17)23(26)29/h2-14H,1H3,(H,25,27). The lowest BCUT2D eigenvalue weighted by atomic mass is 10.1. The molecule has 1 heterocycles. The van der Waals surface area contributed by atoms with Gasteiger partial charge in [-0.1, -0.05) is 41.9 Å². The fraction of sp³-hybridized carbons (Fsp3) is 0.0870. The molecule has 3 amide bonds. The van der Waals surface area contributed by atoms with Crippen molar-refractivity contribution in [1.29, 1.82) is 0 Å². The molecule has 1 unspecified atom stereocenters. The van der Waals surface area contributed by atoms with E-state index in [0.29, 0.717) is 27.5 Å². The van der Waals surface area contributed by atoms with Crippen molar-refractivity contribution in [2.24, 2.45) is 0 Å². The first-order valence-electron chi connectivity index (χ1n) is 9.25. The van der Waals surface area contributed by atoms with E-state index in [2.05, 4.69) is 5.32 Å². The SMILES string of the molecule is CC(Sc1ccccc1Cl)C(=O)Nc1cccc(N2C(=O)c3ccccc3C2=O)c1. The minimum Gasteiger partial charge on any atom is -0.325 e. The molecule has 7 heteroatoms. The Bertz CT molecular complexity index is 1130. The number of hydrogen-bond donors (Lipinski definition) is 1. The van der Waals surface area contributed by atoms with Gasteiger partial charge in [0.25, 0.3) is 11.8 Å². The summed E-state index contributed by atoms with van der Waals surface area (Å²) in [7, 11) is 0. The largest absolute Gasteiger partial charge is 0.325 e. The molecule has 4 rings (SSSR count). The number of thioether (sulfide) groups is 1. The van der Waals surface area contributed by atoms with Crippen molar-refractivity contribution < 1.29 is 14.4 Å². The second kappa shape index (κ2) is 8.34. The van der Waals surface area contributed by atoms with E-state index >= 15 is 0 Å². The van der Waals surface area contributed by atoms with Gasteiger partial charge < -0.3 is 5.32 Å². The van der Waals surface area contributed by atoms with Crippen molar-refractivity contribution in [2.45, 2.75) is 17.1 Å². The van der Waals surface area contributed by atoms with Gasteiger partial charge in [-0.2, -0.15) is 0 Å². The predicted octanol–water partition coefficient (Wildman–Crippen LogP) is 5.26. The van der Waals surface area contributed by atoms with Gasteiger partial charge in [-0.3, -0.25) is 14.4 Å². The maximum absolute atomic E-state index is 12.7. The number of carbonyl (C=O) groups is 3. The molecule has 1 aliphatic rings. The normalized spacial score (nSPS) is 13.9. The van der Waals surface area contributed by atoms with Crippen LogP contribution in [0.1, 0.15) is 27.6 Å². The van der Waals surface area contributed by atoms with Gasteiger partial charge in [0.2, 0.25) is 5.91 Å². The number of nitrogens with zero attached hydrogens (tertiary/aromatic N) is 1. The number of fused-ring (bicyclic) bond motifs is 1. The highest BCUT2D eigenvalue weighted by Gasteiger charge is 2.36. The third-order valence-corrected chi connectivity index (χ3v) is 6.29. The van der Waals surface area contributed by atoms with Crippen LogP contribution in [0.15, 0.2) is 77.7 Å². The van der Waals surface area contributed by atoms with Crippen molar-refractivity contribution >= 4 is 52.5 Å². The highest BCUT2D eigenvalue weighted by atomic mass is 35.5. The van der Waals surface area contributed by atoms with Crippen molar-refractivity contribution in [2.75, 3.05) is 10.2 Å². The maximum Gasteiger partial charge on any atom is 0.266 e. The van der Waals surface area contributed by atoms with Gasteiger partial charge in [0, 0.05) is 10.6 Å². The average Bonchev–Trinajstić information content (AvgIpc) is 3.00. The zero-order valence-electron chi connectivity index (χ0n) is 16.0. The monoisotopic (exact) mass is 436 g/mol. The van der Waals surface area contributed by atoms with E-state index in [1.807, 2.05) is 18.2 Å². The molecule has 3 aromatic rings. The van der Waals surface area contributed by atoms with Crippen LogP contribution in [0.5, 0.6) is 0 Å². The lowest BCUT2D eigenvalue weighted by Gasteiger charge is -2.16. The molecule has 0 saturated heterocycles. The third-order valence-electron chi connectivity index (χ3n) is 4.68. The summed E-state index contributed by atoms with van der Waals surface area (Å²) in [6.45, 7) is 1.79. The number of carbonyl (C=O) groups excluding carboxylic acids is 3. The van der Waals surface area contributed by atoms with Crippen LogP contribution >= 0.6 is 23.4 Å². The first-order chi connectivity index (χ1) is 14.5. The van der Waals surface area contributed by atoms with Gasteiger partial charge in [0.05, 0.1) is 27.1 Å². The van der Waals surface area contributed by atoms with Crippen molar-refractivity contribution in [3.63, 3.8) is 0 Å². The number of amides is 3. The summed E-state index contributed by atoms with van der Waals surface area (Å²) in [4.78, 5) is 40.0. The molecular formula is C23H17ClN2O3S. The van der Waals surface area contributed by atoms with Crippen molar-refractivity contribution in [3.8, 4) is 0 Å². The molecule has 0 bridgehead atoms. The zero-order valence-corrected chi connectivity index (χ0v) is 17.5. The van der Waals surface area contributed by atoms with E-state index in [9.17, 15) is 14.4 Å². The summed E-state index contributed by atoms with van der Waals surface area (Å²) in [6.07, 6.45) is 0. The van der Waals surface area contributed by atoms with Crippen LogP contribution in [0.3, 0.4) is 0 Å². The smallest absolute Gasteiger partial charge is 0.266 e. The molecule has 5 nitrogen and oxygen atoms in total. The van der Waals surface area contributed by atoms with E-state index in [-0.39, 0.29) is 17.7 Å².